The zero-order valence-electron chi connectivity index (χ0n) is 10.3. The molecule has 0 aliphatic carbocycles. The van der Waals surface area contributed by atoms with E-state index in [-0.39, 0.29) is 0 Å². The summed E-state index contributed by atoms with van der Waals surface area (Å²) in [4.78, 5) is 3.10. The maximum absolute atomic E-state index is 5.60. The molecule has 2 aromatic carbocycles. The SMILES string of the molecule is NC(=S)CC(=S)N(c1ccccc1)c1ccccc1. The van der Waals surface area contributed by atoms with Crippen molar-refractivity contribution in [3.8, 4) is 0 Å². The Hall–Kier alpha value is -1.78. The molecular formula is C15H14N2S2. The fraction of sp³-hybridized carbons (Fsp3) is 0.0667. The van der Waals surface area contributed by atoms with Crippen LogP contribution in [0.2, 0.25) is 0 Å². The van der Waals surface area contributed by atoms with Crippen LogP contribution in [0.5, 0.6) is 0 Å². The second-order valence-corrected chi connectivity index (χ2v) is 5.04. The highest BCUT2D eigenvalue weighted by molar-refractivity contribution is 7.82. The molecule has 2 aromatic rings. The Morgan fingerprint density at radius 2 is 1.26 bits per heavy atom. The zero-order valence-corrected chi connectivity index (χ0v) is 12.0. The normalized spacial score (nSPS) is 9.89. The summed E-state index contributed by atoms with van der Waals surface area (Å²) in [5.74, 6) is 0. The van der Waals surface area contributed by atoms with Crippen LogP contribution in [-0.4, -0.2) is 9.98 Å². The molecule has 0 aromatic heterocycles. The minimum atomic E-state index is 0.405. The van der Waals surface area contributed by atoms with Gasteiger partial charge in [0, 0.05) is 17.8 Å². The predicted molar refractivity (Wildman–Crippen MR) is 89.0 cm³/mol. The number of nitrogens with two attached hydrogens (primary N) is 1. The highest BCUT2D eigenvalue weighted by Crippen LogP contribution is 2.26. The quantitative estimate of drug-likeness (QED) is 0.865. The summed E-state index contributed by atoms with van der Waals surface area (Å²) in [6.07, 6.45) is 0.425. The molecule has 4 heteroatoms. The maximum atomic E-state index is 5.60. The summed E-state index contributed by atoms with van der Waals surface area (Å²) in [6.45, 7) is 0. The van der Waals surface area contributed by atoms with E-state index in [1.165, 1.54) is 0 Å². The van der Waals surface area contributed by atoms with Crippen LogP contribution >= 0.6 is 24.4 Å². The first-order valence-electron chi connectivity index (χ1n) is 5.90. The van der Waals surface area contributed by atoms with Gasteiger partial charge in [0.05, 0.1) is 9.98 Å². The molecule has 19 heavy (non-hydrogen) atoms. The lowest BCUT2D eigenvalue weighted by Crippen LogP contribution is -2.28. The first-order valence-corrected chi connectivity index (χ1v) is 6.71. The topological polar surface area (TPSA) is 29.3 Å². The van der Waals surface area contributed by atoms with E-state index in [9.17, 15) is 0 Å². The zero-order chi connectivity index (χ0) is 13.7. The number of rotatable bonds is 4. The maximum Gasteiger partial charge on any atom is 0.0937 e. The van der Waals surface area contributed by atoms with Gasteiger partial charge in [-0.1, -0.05) is 60.8 Å². The smallest absolute Gasteiger partial charge is 0.0937 e. The summed E-state index contributed by atoms with van der Waals surface area (Å²) < 4.78 is 0. The number of benzene rings is 2. The minimum Gasteiger partial charge on any atom is -0.393 e. The summed E-state index contributed by atoms with van der Waals surface area (Å²) in [5, 5.41) is 0. The average Bonchev–Trinajstić information content (AvgIpc) is 2.40. The minimum absolute atomic E-state index is 0.405. The van der Waals surface area contributed by atoms with Gasteiger partial charge in [-0.3, -0.25) is 0 Å². The second kappa shape index (κ2) is 6.41. The van der Waals surface area contributed by atoms with E-state index < -0.39 is 0 Å². The van der Waals surface area contributed by atoms with Crippen LogP contribution in [-0.2, 0) is 0 Å². The molecule has 0 spiro atoms. The van der Waals surface area contributed by atoms with Crippen LogP contribution in [0.4, 0.5) is 11.4 Å². The third-order valence-electron chi connectivity index (χ3n) is 2.60. The summed E-state index contributed by atoms with van der Waals surface area (Å²) in [6, 6.07) is 19.9. The van der Waals surface area contributed by atoms with E-state index in [1.54, 1.807) is 0 Å². The van der Waals surface area contributed by atoms with Gasteiger partial charge in [0.2, 0.25) is 0 Å². The van der Waals surface area contributed by atoms with Crippen molar-refractivity contribution in [3.05, 3.63) is 60.7 Å². The van der Waals surface area contributed by atoms with Crippen LogP contribution in [0.15, 0.2) is 60.7 Å². The first-order chi connectivity index (χ1) is 9.18. The highest BCUT2D eigenvalue weighted by atomic mass is 32.1. The van der Waals surface area contributed by atoms with E-state index in [0.717, 1.165) is 11.4 Å². The first kappa shape index (κ1) is 13.6. The molecule has 0 aliphatic rings. The van der Waals surface area contributed by atoms with Crippen LogP contribution < -0.4 is 10.6 Å². The Morgan fingerprint density at radius 1 is 0.842 bits per heavy atom. The van der Waals surface area contributed by atoms with Crippen LogP contribution in [0.1, 0.15) is 6.42 Å². The van der Waals surface area contributed by atoms with Crippen molar-refractivity contribution < 1.29 is 0 Å². The van der Waals surface area contributed by atoms with Gasteiger partial charge in [-0.25, -0.2) is 0 Å². The molecule has 0 amide bonds. The van der Waals surface area contributed by atoms with Crippen molar-refractivity contribution in [2.24, 2.45) is 5.73 Å². The van der Waals surface area contributed by atoms with Crippen molar-refractivity contribution in [1.82, 2.24) is 0 Å². The van der Waals surface area contributed by atoms with Crippen LogP contribution in [0, 0.1) is 0 Å². The molecule has 0 radical (unpaired) electrons. The van der Waals surface area contributed by atoms with Gasteiger partial charge >= 0.3 is 0 Å². The van der Waals surface area contributed by atoms with Gasteiger partial charge in [-0.2, -0.15) is 0 Å². The Morgan fingerprint density at radius 3 is 1.63 bits per heavy atom. The number of nitrogens with zero attached hydrogens (tertiary/aromatic N) is 1. The summed E-state index contributed by atoms with van der Waals surface area (Å²) in [5.41, 5.74) is 7.62. The molecule has 0 aliphatic heterocycles. The van der Waals surface area contributed by atoms with E-state index in [2.05, 4.69) is 0 Å². The van der Waals surface area contributed by atoms with Crippen molar-refractivity contribution in [2.75, 3.05) is 4.90 Å². The number of para-hydroxylation sites is 2. The second-order valence-electron chi connectivity index (χ2n) is 4.04. The molecule has 0 unspecified atom stereocenters. The molecule has 0 bridgehead atoms. The molecule has 2 N–H and O–H groups in total. The molecule has 0 saturated heterocycles. The van der Waals surface area contributed by atoms with Crippen molar-refractivity contribution >= 4 is 45.8 Å². The molecule has 96 valence electrons. The van der Waals surface area contributed by atoms with Crippen molar-refractivity contribution in [3.63, 3.8) is 0 Å². The lowest BCUT2D eigenvalue weighted by atomic mass is 10.2. The van der Waals surface area contributed by atoms with Gasteiger partial charge in [0.1, 0.15) is 0 Å². The molecule has 0 saturated carbocycles. The third kappa shape index (κ3) is 3.59. The van der Waals surface area contributed by atoms with Crippen LogP contribution in [0.25, 0.3) is 0 Å². The Bertz CT molecular complexity index is 528. The van der Waals surface area contributed by atoms with E-state index in [1.807, 2.05) is 65.6 Å². The third-order valence-corrected chi connectivity index (χ3v) is 3.07. The highest BCUT2D eigenvalue weighted by Gasteiger charge is 2.14. The fourth-order valence-corrected chi connectivity index (χ4v) is 2.41. The van der Waals surface area contributed by atoms with Gasteiger partial charge in [0.15, 0.2) is 0 Å². The molecule has 2 rings (SSSR count). The molecule has 0 atom stereocenters. The van der Waals surface area contributed by atoms with Gasteiger partial charge < -0.3 is 10.6 Å². The molecular weight excluding hydrogens is 272 g/mol. The number of hydrogen-bond acceptors (Lipinski definition) is 2. The Labute approximate surface area is 123 Å². The van der Waals surface area contributed by atoms with E-state index in [4.69, 9.17) is 30.2 Å². The number of thiocarbonyl (C=S) groups is 2. The standard InChI is InChI=1S/C15H14N2S2/c16-14(18)11-15(19)17(12-7-3-1-4-8-12)13-9-5-2-6-10-13/h1-10H,11H2,(H2,16,18). The Balaban J connectivity index is 2.40. The average molecular weight is 286 g/mol. The lowest BCUT2D eigenvalue weighted by Gasteiger charge is -2.25. The van der Waals surface area contributed by atoms with Crippen molar-refractivity contribution in [2.45, 2.75) is 6.42 Å². The fourth-order valence-electron chi connectivity index (χ4n) is 1.82. The van der Waals surface area contributed by atoms with E-state index >= 15 is 0 Å². The lowest BCUT2D eigenvalue weighted by molar-refractivity contribution is 1.33. The summed E-state index contributed by atoms with van der Waals surface area (Å²) >= 11 is 10.4. The Kier molecular flexibility index (Phi) is 4.60. The number of hydrogen-bond donors (Lipinski definition) is 1. The molecule has 2 nitrogen and oxygen atoms in total. The van der Waals surface area contributed by atoms with Gasteiger partial charge in [0.25, 0.3) is 0 Å². The van der Waals surface area contributed by atoms with Gasteiger partial charge in [-0.05, 0) is 24.3 Å². The monoisotopic (exact) mass is 286 g/mol. The summed E-state index contributed by atoms with van der Waals surface area (Å²) in [7, 11) is 0. The van der Waals surface area contributed by atoms with Crippen LogP contribution in [0.3, 0.4) is 0 Å². The van der Waals surface area contributed by atoms with Crippen molar-refractivity contribution in [1.29, 1.82) is 0 Å². The van der Waals surface area contributed by atoms with Gasteiger partial charge in [-0.15, -0.1) is 0 Å². The number of anilines is 2. The predicted octanol–water partition coefficient (Wildman–Crippen LogP) is 3.83. The molecule has 0 fully saturated rings. The van der Waals surface area contributed by atoms with E-state index in [0.29, 0.717) is 16.4 Å². The largest absolute Gasteiger partial charge is 0.393 e. The molecule has 0 heterocycles.